The fraction of sp³-hybridized carbons (Fsp3) is 0.0714. The van der Waals surface area contributed by atoms with Gasteiger partial charge in [0.1, 0.15) is 17.1 Å². The van der Waals surface area contributed by atoms with Crippen LogP contribution in [0.4, 0.5) is 8.78 Å². The van der Waals surface area contributed by atoms with Crippen LogP contribution in [0, 0.1) is 11.6 Å². The number of aromatic nitrogens is 2. The largest absolute Gasteiger partial charge is 0.496 e. The van der Waals surface area contributed by atoms with E-state index >= 15 is 0 Å². The predicted octanol–water partition coefficient (Wildman–Crippen LogP) is 4.17. The number of imidazole rings is 1. The number of hydrogen-bond donors (Lipinski definition) is 1. The molecule has 20 heavy (non-hydrogen) atoms. The van der Waals surface area contributed by atoms with E-state index in [0.717, 1.165) is 6.07 Å². The number of halogens is 3. The summed E-state index contributed by atoms with van der Waals surface area (Å²) in [5, 5.41) is 0.513. The molecular weight excluding hydrogens is 286 g/mol. The van der Waals surface area contributed by atoms with E-state index in [2.05, 4.69) is 9.97 Å². The smallest absolute Gasteiger partial charge is 0.186 e. The molecule has 0 aliphatic heterocycles. The van der Waals surface area contributed by atoms with Crippen molar-refractivity contribution in [1.29, 1.82) is 0 Å². The molecule has 0 spiro atoms. The van der Waals surface area contributed by atoms with Crippen LogP contribution in [0.25, 0.3) is 22.4 Å². The number of hydrogen-bond acceptors (Lipinski definition) is 2. The van der Waals surface area contributed by atoms with Crippen LogP contribution in [-0.4, -0.2) is 17.1 Å². The second-order valence-electron chi connectivity index (χ2n) is 4.19. The third-order valence-electron chi connectivity index (χ3n) is 2.96. The molecule has 0 atom stereocenters. The summed E-state index contributed by atoms with van der Waals surface area (Å²) >= 11 is 5.89. The van der Waals surface area contributed by atoms with Crippen molar-refractivity contribution in [3.63, 3.8) is 0 Å². The minimum atomic E-state index is -0.974. The Kier molecular flexibility index (Phi) is 3.06. The van der Waals surface area contributed by atoms with Crippen molar-refractivity contribution in [3.8, 4) is 17.1 Å². The fourth-order valence-corrected chi connectivity index (χ4v) is 2.17. The lowest BCUT2D eigenvalue weighted by atomic mass is 10.2. The maximum atomic E-state index is 13.7. The second kappa shape index (κ2) is 4.76. The topological polar surface area (TPSA) is 37.9 Å². The van der Waals surface area contributed by atoms with Gasteiger partial charge in [-0.2, -0.15) is 0 Å². The first-order valence-corrected chi connectivity index (χ1v) is 6.15. The molecular formula is C14H9ClF2N2O. The van der Waals surface area contributed by atoms with Crippen molar-refractivity contribution >= 4 is 22.6 Å². The highest BCUT2D eigenvalue weighted by Crippen LogP contribution is 2.32. The van der Waals surface area contributed by atoms with E-state index in [1.165, 1.54) is 13.2 Å². The van der Waals surface area contributed by atoms with Crippen LogP contribution < -0.4 is 4.74 Å². The van der Waals surface area contributed by atoms with Crippen LogP contribution in [0.3, 0.4) is 0 Å². The van der Waals surface area contributed by atoms with Crippen molar-refractivity contribution in [2.24, 2.45) is 0 Å². The minimum Gasteiger partial charge on any atom is -0.496 e. The maximum Gasteiger partial charge on any atom is 0.186 e. The summed E-state index contributed by atoms with van der Waals surface area (Å²) < 4.78 is 32.1. The summed E-state index contributed by atoms with van der Waals surface area (Å²) in [6.45, 7) is 0. The Bertz CT molecular complexity index is 801. The molecule has 3 rings (SSSR count). The zero-order chi connectivity index (χ0) is 14.3. The molecule has 1 heterocycles. The number of ether oxygens (including phenoxy) is 1. The highest BCUT2D eigenvalue weighted by molar-refractivity contribution is 6.30. The third-order valence-corrected chi connectivity index (χ3v) is 3.20. The molecule has 3 nitrogen and oxygen atoms in total. The molecule has 1 N–H and O–H groups in total. The van der Waals surface area contributed by atoms with Gasteiger partial charge in [0.05, 0.1) is 18.2 Å². The zero-order valence-electron chi connectivity index (χ0n) is 10.4. The van der Waals surface area contributed by atoms with E-state index in [4.69, 9.17) is 16.3 Å². The van der Waals surface area contributed by atoms with E-state index in [1.807, 2.05) is 0 Å². The number of H-pyrrole nitrogens is 1. The van der Waals surface area contributed by atoms with Crippen molar-refractivity contribution in [3.05, 3.63) is 47.0 Å². The SMILES string of the molecule is COc1cc(Cl)ccc1-c1nc2c(F)c(F)ccc2[nH]1. The standard InChI is InChI=1S/C14H9ClF2N2O/c1-20-11-6-7(15)2-3-8(11)14-18-10-5-4-9(16)12(17)13(10)19-14/h2-6H,1H3,(H,18,19). The van der Waals surface area contributed by atoms with Crippen LogP contribution in [0.1, 0.15) is 0 Å². The number of rotatable bonds is 2. The van der Waals surface area contributed by atoms with Gasteiger partial charge in [-0.25, -0.2) is 13.8 Å². The molecule has 0 aliphatic rings. The van der Waals surface area contributed by atoms with Crippen molar-refractivity contribution < 1.29 is 13.5 Å². The number of methoxy groups -OCH3 is 1. The fourth-order valence-electron chi connectivity index (χ4n) is 2.01. The summed E-state index contributed by atoms with van der Waals surface area (Å²) in [6.07, 6.45) is 0. The lowest BCUT2D eigenvalue weighted by Gasteiger charge is -2.06. The van der Waals surface area contributed by atoms with Gasteiger partial charge in [0.2, 0.25) is 0 Å². The molecule has 102 valence electrons. The van der Waals surface area contributed by atoms with Crippen LogP contribution in [0.15, 0.2) is 30.3 Å². The maximum absolute atomic E-state index is 13.7. The van der Waals surface area contributed by atoms with E-state index in [-0.39, 0.29) is 5.52 Å². The minimum absolute atomic E-state index is 0.0444. The Morgan fingerprint density at radius 2 is 2.00 bits per heavy atom. The molecule has 0 saturated heterocycles. The van der Waals surface area contributed by atoms with Gasteiger partial charge in [0, 0.05) is 5.02 Å². The van der Waals surface area contributed by atoms with E-state index in [1.54, 1.807) is 18.2 Å². The van der Waals surface area contributed by atoms with Crippen LogP contribution in [0.5, 0.6) is 5.75 Å². The number of nitrogens with one attached hydrogen (secondary N) is 1. The van der Waals surface area contributed by atoms with E-state index in [9.17, 15) is 8.78 Å². The second-order valence-corrected chi connectivity index (χ2v) is 4.62. The first-order chi connectivity index (χ1) is 9.60. The monoisotopic (exact) mass is 294 g/mol. The first kappa shape index (κ1) is 12.9. The average molecular weight is 295 g/mol. The molecule has 0 unspecified atom stereocenters. The molecule has 0 amide bonds. The summed E-state index contributed by atoms with van der Waals surface area (Å²) in [7, 11) is 1.50. The molecule has 0 saturated carbocycles. The average Bonchev–Trinajstić information content (AvgIpc) is 2.87. The first-order valence-electron chi connectivity index (χ1n) is 5.78. The number of fused-ring (bicyclic) bond motifs is 1. The Morgan fingerprint density at radius 3 is 2.75 bits per heavy atom. The molecule has 0 bridgehead atoms. The summed E-state index contributed by atoms with van der Waals surface area (Å²) in [5.41, 5.74) is 0.987. The molecule has 0 radical (unpaired) electrons. The molecule has 0 fully saturated rings. The zero-order valence-corrected chi connectivity index (χ0v) is 11.1. The van der Waals surface area contributed by atoms with Gasteiger partial charge in [0.15, 0.2) is 11.6 Å². The summed E-state index contributed by atoms with van der Waals surface area (Å²) in [4.78, 5) is 7.02. The Morgan fingerprint density at radius 1 is 1.20 bits per heavy atom. The Balaban J connectivity index is 2.23. The van der Waals surface area contributed by atoms with Gasteiger partial charge < -0.3 is 9.72 Å². The van der Waals surface area contributed by atoms with Crippen LogP contribution in [0.2, 0.25) is 5.02 Å². The normalized spacial score (nSPS) is 11.0. The van der Waals surface area contributed by atoms with Crippen molar-refractivity contribution in [1.82, 2.24) is 9.97 Å². The number of benzene rings is 2. The lowest BCUT2D eigenvalue weighted by Crippen LogP contribution is -1.89. The quantitative estimate of drug-likeness (QED) is 0.770. The van der Waals surface area contributed by atoms with Gasteiger partial charge in [-0.3, -0.25) is 0 Å². The highest BCUT2D eigenvalue weighted by Gasteiger charge is 2.15. The Hall–Kier alpha value is -2.14. The van der Waals surface area contributed by atoms with Gasteiger partial charge in [-0.1, -0.05) is 11.6 Å². The third kappa shape index (κ3) is 2.00. The highest BCUT2D eigenvalue weighted by atomic mass is 35.5. The van der Waals surface area contributed by atoms with Crippen LogP contribution >= 0.6 is 11.6 Å². The van der Waals surface area contributed by atoms with E-state index < -0.39 is 11.6 Å². The number of nitrogens with zero attached hydrogens (tertiary/aromatic N) is 1. The molecule has 0 aliphatic carbocycles. The molecule has 3 aromatic rings. The molecule has 6 heteroatoms. The summed E-state index contributed by atoms with van der Waals surface area (Å²) in [6, 6.07) is 7.49. The van der Waals surface area contributed by atoms with Gasteiger partial charge in [0.25, 0.3) is 0 Å². The molecule has 2 aromatic carbocycles. The van der Waals surface area contributed by atoms with Gasteiger partial charge >= 0.3 is 0 Å². The van der Waals surface area contributed by atoms with E-state index in [0.29, 0.717) is 27.7 Å². The molecule has 1 aromatic heterocycles. The summed E-state index contributed by atoms with van der Waals surface area (Å²) in [5.74, 6) is -1.02. The predicted molar refractivity (Wildman–Crippen MR) is 73.0 cm³/mol. The Labute approximate surface area is 118 Å². The van der Waals surface area contributed by atoms with Gasteiger partial charge in [-0.05, 0) is 30.3 Å². The van der Waals surface area contributed by atoms with Crippen LogP contribution in [-0.2, 0) is 0 Å². The van der Waals surface area contributed by atoms with Crippen molar-refractivity contribution in [2.75, 3.05) is 7.11 Å². The lowest BCUT2D eigenvalue weighted by molar-refractivity contribution is 0.416. The van der Waals surface area contributed by atoms with Gasteiger partial charge in [-0.15, -0.1) is 0 Å². The number of aromatic amines is 1. The van der Waals surface area contributed by atoms with Crippen molar-refractivity contribution in [2.45, 2.75) is 0 Å².